The zero-order valence-electron chi connectivity index (χ0n) is 41.8. The van der Waals surface area contributed by atoms with E-state index in [9.17, 15) is 0 Å². The number of hydrogen-bond donors (Lipinski definition) is 0. The molecule has 76 heavy (non-hydrogen) atoms. The lowest BCUT2D eigenvalue weighted by Gasteiger charge is -2.34. The molecular weight excluding hydrogens is 949 g/mol. The van der Waals surface area contributed by atoms with Gasteiger partial charge >= 0.3 is 0 Å². The molecular formula is C72H50N2Si2. The lowest BCUT2D eigenvalue weighted by Crippen LogP contribution is -2.74. The summed E-state index contributed by atoms with van der Waals surface area (Å²) >= 11 is 0. The number of hydrogen-bond acceptors (Lipinski definition) is 0. The molecule has 0 fully saturated rings. The second-order valence-corrected chi connectivity index (χ2v) is 27.8. The zero-order chi connectivity index (χ0) is 50.2. The third-order valence-corrected chi connectivity index (χ3v) is 26.2. The van der Waals surface area contributed by atoms with Gasteiger partial charge < -0.3 is 9.13 Å². The van der Waals surface area contributed by atoms with Crippen LogP contribution in [0.15, 0.2) is 303 Å². The summed E-state index contributed by atoms with van der Waals surface area (Å²) in [5.41, 5.74) is 12.2. The van der Waals surface area contributed by atoms with Gasteiger partial charge in [-0.1, -0.05) is 273 Å². The number of fused-ring (bicyclic) bond motifs is 9. The molecule has 0 saturated carbocycles. The van der Waals surface area contributed by atoms with Crippen LogP contribution in [0.5, 0.6) is 0 Å². The molecule has 14 aromatic rings. The second kappa shape index (κ2) is 17.7. The van der Waals surface area contributed by atoms with Gasteiger partial charge in [-0.05, 0) is 88.5 Å². The van der Waals surface area contributed by atoms with Gasteiger partial charge in [0.25, 0.3) is 0 Å². The van der Waals surface area contributed by atoms with E-state index >= 15 is 0 Å². The molecule has 12 aromatic carbocycles. The van der Waals surface area contributed by atoms with Crippen molar-refractivity contribution in [3.05, 3.63) is 303 Å². The highest BCUT2D eigenvalue weighted by Gasteiger charge is 2.49. The Kier molecular flexibility index (Phi) is 10.3. The van der Waals surface area contributed by atoms with E-state index < -0.39 is 16.1 Å². The first-order valence-corrected chi connectivity index (χ1v) is 30.4. The standard InChI is InChI=1S/C72H50N2Si2/c1-6-27-52(28-7-1)75(53-29-8-2-9-30-53,54-31-10-3-11-32-54)57-37-22-26-51(50-57)73-65-45-19-16-39-59(65)62-44-24-47-67(72(62)73)74-66-46-20-17-38-58(66)61-42-23-43-63(71(61)74)60-41-25-49-69-70(60)64-40-18-21-48-68(64)76(69,55-33-12-4-13-34-55)56-35-14-5-15-36-56/h1-50H. The number of nitrogens with zero attached hydrogens (tertiary/aromatic N) is 2. The summed E-state index contributed by atoms with van der Waals surface area (Å²) < 4.78 is 5.15. The van der Waals surface area contributed by atoms with Crippen LogP contribution in [0.3, 0.4) is 0 Å². The molecule has 0 aliphatic carbocycles. The summed E-state index contributed by atoms with van der Waals surface area (Å²) in [6, 6.07) is 114. The molecule has 3 heterocycles. The first kappa shape index (κ1) is 44.2. The Balaban J connectivity index is 1.03. The van der Waals surface area contributed by atoms with Gasteiger partial charge in [0, 0.05) is 32.8 Å². The van der Waals surface area contributed by atoms with E-state index in [-0.39, 0.29) is 0 Å². The van der Waals surface area contributed by atoms with E-state index in [0.717, 1.165) is 11.4 Å². The fourth-order valence-corrected chi connectivity index (χ4v) is 23.6. The minimum atomic E-state index is -2.87. The molecule has 0 radical (unpaired) electrons. The Bertz CT molecular complexity index is 4370. The molecule has 0 unspecified atom stereocenters. The lowest BCUT2D eigenvalue weighted by atomic mass is 9.93. The van der Waals surface area contributed by atoms with Gasteiger partial charge in [0.15, 0.2) is 16.1 Å². The minimum absolute atomic E-state index is 1.14. The summed E-state index contributed by atoms with van der Waals surface area (Å²) in [7, 11) is -5.62. The van der Waals surface area contributed by atoms with Crippen LogP contribution < -0.4 is 41.5 Å². The maximum atomic E-state index is 2.60. The number of para-hydroxylation sites is 4. The highest BCUT2D eigenvalue weighted by Crippen LogP contribution is 2.45. The number of benzene rings is 12. The topological polar surface area (TPSA) is 9.86 Å². The Hall–Kier alpha value is -9.33. The van der Waals surface area contributed by atoms with Crippen molar-refractivity contribution in [2.24, 2.45) is 0 Å². The molecule has 1 aliphatic heterocycles. The van der Waals surface area contributed by atoms with Crippen LogP contribution in [0.1, 0.15) is 0 Å². The van der Waals surface area contributed by atoms with Crippen molar-refractivity contribution >= 4 is 101 Å². The van der Waals surface area contributed by atoms with Crippen LogP contribution >= 0.6 is 0 Å². The van der Waals surface area contributed by atoms with Gasteiger partial charge in [0.05, 0.1) is 27.8 Å². The Morgan fingerprint density at radius 2 is 0.697 bits per heavy atom. The molecule has 1 aliphatic rings. The summed E-state index contributed by atoms with van der Waals surface area (Å²) in [4.78, 5) is 0. The van der Waals surface area contributed by atoms with Crippen LogP contribution in [-0.2, 0) is 0 Å². The third-order valence-electron chi connectivity index (χ3n) is 16.5. The normalized spacial score (nSPS) is 12.8. The Morgan fingerprint density at radius 1 is 0.276 bits per heavy atom. The molecule has 0 saturated heterocycles. The van der Waals surface area contributed by atoms with E-state index in [1.165, 1.54) is 107 Å². The van der Waals surface area contributed by atoms with Crippen molar-refractivity contribution < 1.29 is 0 Å². The fourth-order valence-electron chi connectivity index (χ4n) is 13.6. The maximum absolute atomic E-state index is 2.87. The summed E-state index contributed by atoms with van der Waals surface area (Å²) in [5.74, 6) is 0. The summed E-state index contributed by atoms with van der Waals surface area (Å²) in [6.07, 6.45) is 0. The molecule has 4 heteroatoms. The molecule has 0 atom stereocenters. The average Bonchev–Trinajstić information content (AvgIpc) is 4.33. The van der Waals surface area contributed by atoms with Crippen molar-refractivity contribution in [2.45, 2.75) is 0 Å². The van der Waals surface area contributed by atoms with Gasteiger partial charge in [-0.2, -0.15) is 0 Å². The quantitative estimate of drug-likeness (QED) is 0.101. The van der Waals surface area contributed by atoms with Crippen molar-refractivity contribution in [2.75, 3.05) is 0 Å². The molecule has 0 amide bonds. The van der Waals surface area contributed by atoms with Gasteiger partial charge in [-0.25, -0.2) is 0 Å². The highest BCUT2D eigenvalue weighted by molar-refractivity contribution is 7.22. The van der Waals surface area contributed by atoms with Crippen molar-refractivity contribution in [1.82, 2.24) is 9.13 Å². The van der Waals surface area contributed by atoms with E-state index in [0.29, 0.717) is 0 Å². The Labute approximate surface area is 444 Å². The summed E-state index contributed by atoms with van der Waals surface area (Å²) in [6.45, 7) is 0. The highest BCUT2D eigenvalue weighted by atomic mass is 28.3. The third kappa shape index (κ3) is 6.32. The predicted molar refractivity (Wildman–Crippen MR) is 327 cm³/mol. The van der Waals surface area contributed by atoms with E-state index in [4.69, 9.17) is 0 Å². The number of rotatable bonds is 9. The largest absolute Gasteiger partial charge is 0.307 e. The van der Waals surface area contributed by atoms with Crippen LogP contribution in [0, 0.1) is 0 Å². The predicted octanol–water partition coefficient (Wildman–Crippen LogP) is 12.3. The van der Waals surface area contributed by atoms with Gasteiger partial charge in [0.1, 0.15) is 0 Å². The van der Waals surface area contributed by atoms with E-state index in [2.05, 4.69) is 312 Å². The molecule has 0 spiro atoms. The van der Waals surface area contributed by atoms with Crippen molar-refractivity contribution in [3.63, 3.8) is 0 Å². The first-order chi connectivity index (χ1) is 37.8. The van der Waals surface area contributed by atoms with E-state index in [1.54, 1.807) is 0 Å². The smallest absolute Gasteiger partial charge is 0.180 e. The lowest BCUT2D eigenvalue weighted by molar-refractivity contribution is 1.13. The van der Waals surface area contributed by atoms with Crippen molar-refractivity contribution in [3.8, 4) is 33.6 Å². The molecule has 0 N–H and O–H groups in total. The molecule has 15 rings (SSSR count). The Morgan fingerprint density at radius 3 is 1.32 bits per heavy atom. The van der Waals surface area contributed by atoms with Gasteiger partial charge in [-0.3, -0.25) is 0 Å². The summed E-state index contributed by atoms with van der Waals surface area (Å²) in [5, 5.41) is 16.0. The number of aromatic nitrogens is 2. The van der Waals surface area contributed by atoms with Crippen molar-refractivity contribution in [1.29, 1.82) is 0 Å². The molecule has 2 nitrogen and oxygen atoms in total. The minimum Gasteiger partial charge on any atom is -0.307 e. The van der Waals surface area contributed by atoms with Gasteiger partial charge in [0.2, 0.25) is 0 Å². The second-order valence-electron chi connectivity index (χ2n) is 20.2. The van der Waals surface area contributed by atoms with Gasteiger partial charge in [-0.15, -0.1) is 0 Å². The zero-order valence-corrected chi connectivity index (χ0v) is 43.8. The maximum Gasteiger partial charge on any atom is 0.180 e. The van der Waals surface area contributed by atoms with Crippen LogP contribution in [0.25, 0.3) is 77.2 Å². The van der Waals surface area contributed by atoms with E-state index in [1.807, 2.05) is 0 Å². The SMILES string of the molecule is c1ccc([Si](c2ccccc2)(c2ccccc2)c2cccc(-n3c4ccccc4c4cccc(-n5c6ccccc6c6cccc(-c7cccc8c7-c7ccccc7[Si]8(c7ccccc7)c7ccccc7)c65)c43)c2)cc1. The molecule has 0 bridgehead atoms. The molecule has 356 valence electrons. The van der Waals surface area contributed by atoms with Crippen LogP contribution in [0.4, 0.5) is 0 Å². The van der Waals surface area contributed by atoms with Crippen LogP contribution in [0.2, 0.25) is 0 Å². The monoisotopic (exact) mass is 998 g/mol. The first-order valence-electron chi connectivity index (χ1n) is 26.4. The van der Waals surface area contributed by atoms with Crippen LogP contribution in [-0.4, -0.2) is 25.3 Å². The average molecular weight is 999 g/mol. The molecule has 2 aromatic heterocycles. The fraction of sp³-hybridized carbons (Fsp3) is 0.